The topological polar surface area (TPSA) is 40.8 Å². The summed E-state index contributed by atoms with van der Waals surface area (Å²) in [6, 6.07) is 6.21. The largest absolute Gasteiger partial charge is 0.472 e. The van der Waals surface area contributed by atoms with E-state index in [0.29, 0.717) is 0 Å². The number of likely N-dealkylation sites (N-methyl/N-ethyl adjacent to an activating group) is 1. The third kappa shape index (κ3) is 5.16. The number of thiophene rings is 1. The van der Waals surface area contributed by atoms with Crippen LogP contribution < -0.4 is 5.32 Å². The molecule has 0 spiro atoms. The van der Waals surface area contributed by atoms with Crippen molar-refractivity contribution in [3.05, 3.63) is 46.5 Å². The van der Waals surface area contributed by atoms with Crippen molar-refractivity contribution in [3.63, 3.8) is 0 Å². The Morgan fingerprint density at radius 2 is 2.30 bits per heavy atom. The first kappa shape index (κ1) is 17.0. The molecular formula is C14H20IN3OS. The molecule has 110 valence electrons. The third-order valence-corrected chi connectivity index (χ3v) is 3.81. The van der Waals surface area contributed by atoms with E-state index in [1.165, 1.54) is 4.88 Å². The van der Waals surface area contributed by atoms with Crippen LogP contribution in [0.3, 0.4) is 0 Å². The zero-order valence-electron chi connectivity index (χ0n) is 11.7. The van der Waals surface area contributed by atoms with Gasteiger partial charge in [-0.2, -0.15) is 0 Å². The highest BCUT2D eigenvalue weighted by atomic mass is 127. The molecule has 0 atom stereocenters. The standard InChI is InChI=1S/C14H19N3OS.HI/c1-15-14(16-10-12-6-8-18-11-12)17(2)7-5-13-4-3-9-19-13;/h3-4,6,8-9,11H,5,7,10H2,1-2H3,(H,15,16);1H. The number of halogens is 1. The molecule has 0 aromatic carbocycles. The Balaban J connectivity index is 0.00000200. The number of furan rings is 1. The average molecular weight is 405 g/mol. The van der Waals surface area contributed by atoms with E-state index < -0.39 is 0 Å². The Kier molecular flexibility index (Phi) is 7.68. The van der Waals surface area contributed by atoms with Crippen molar-refractivity contribution < 1.29 is 4.42 Å². The van der Waals surface area contributed by atoms with Crippen molar-refractivity contribution in [2.24, 2.45) is 4.99 Å². The van der Waals surface area contributed by atoms with Gasteiger partial charge in [-0.1, -0.05) is 6.07 Å². The van der Waals surface area contributed by atoms with E-state index in [4.69, 9.17) is 4.42 Å². The molecule has 4 nitrogen and oxygen atoms in total. The first-order valence-electron chi connectivity index (χ1n) is 6.25. The van der Waals surface area contributed by atoms with E-state index in [2.05, 4.69) is 39.8 Å². The SMILES string of the molecule is CN=C(NCc1ccoc1)N(C)CCc1cccs1.I. The highest BCUT2D eigenvalue weighted by molar-refractivity contribution is 14.0. The lowest BCUT2D eigenvalue weighted by atomic mass is 10.3. The molecule has 1 N–H and O–H groups in total. The first-order chi connectivity index (χ1) is 9.29. The van der Waals surface area contributed by atoms with Gasteiger partial charge in [0.05, 0.1) is 12.5 Å². The van der Waals surface area contributed by atoms with Crippen LogP contribution >= 0.6 is 35.3 Å². The number of guanidine groups is 1. The third-order valence-electron chi connectivity index (χ3n) is 2.88. The number of nitrogens with zero attached hydrogens (tertiary/aromatic N) is 2. The molecule has 0 amide bonds. The van der Waals surface area contributed by atoms with Crippen LogP contribution in [0.2, 0.25) is 0 Å². The Hall–Kier alpha value is -1.02. The number of aliphatic imine (C=N–C) groups is 1. The van der Waals surface area contributed by atoms with Gasteiger partial charge in [0.25, 0.3) is 0 Å². The Morgan fingerprint density at radius 3 is 2.90 bits per heavy atom. The van der Waals surface area contributed by atoms with E-state index in [9.17, 15) is 0 Å². The second kappa shape index (κ2) is 9.02. The van der Waals surface area contributed by atoms with Crippen LogP contribution in [0.25, 0.3) is 0 Å². The molecule has 0 fully saturated rings. The number of nitrogens with one attached hydrogen (secondary N) is 1. The highest BCUT2D eigenvalue weighted by Gasteiger charge is 2.06. The normalized spacial score (nSPS) is 11.0. The Labute approximate surface area is 140 Å². The summed E-state index contributed by atoms with van der Waals surface area (Å²) < 4.78 is 5.05. The molecule has 0 aliphatic rings. The van der Waals surface area contributed by atoms with Gasteiger partial charge in [-0.25, -0.2) is 0 Å². The maximum Gasteiger partial charge on any atom is 0.193 e. The van der Waals surface area contributed by atoms with Crippen LogP contribution in [0, 0.1) is 0 Å². The van der Waals surface area contributed by atoms with Gasteiger partial charge in [-0.3, -0.25) is 4.99 Å². The summed E-state index contributed by atoms with van der Waals surface area (Å²) in [7, 11) is 3.86. The fourth-order valence-corrected chi connectivity index (χ4v) is 2.50. The van der Waals surface area contributed by atoms with Crippen LogP contribution in [0.5, 0.6) is 0 Å². The van der Waals surface area contributed by atoms with Crippen molar-refractivity contribution in [2.75, 3.05) is 20.6 Å². The summed E-state index contributed by atoms with van der Waals surface area (Å²) in [4.78, 5) is 7.83. The van der Waals surface area contributed by atoms with Crippen molar-refractivity contribution in [1.82, 2.24) is 10.2 Å². The van der Waals surface area contributed by atoms with Crippen LogP contribution in [0.15, 0.2) is 45.5 Å². The number of hydrogen-bond acceptors (Lipinski definition) is 3. The van der Waals surface area contributed by atoms with Gasteiger partial charge in [0.1, 0.15) is 0 Å². The summed E-state index contributed by atoms with van der Waals surface area (Å²) in [5, 5.41) is 5.43. The van der Waals surface area contributed by atoms with Crippen molar-refractivity contribution >= 4 is 41.3 Å². The zero-order chi connectivity index (χ0) is 13.5. The lowest BCUT2D eigenvalue weighted by Crippen LogP contribution is -2.39. The molecule has 2 rings (SSSR count). The zero-order valence-corrected chi connectivity index (χ0v) is 14.9. The minimum absolute atomic E-state index is 0. The molecule has 2 aromatic heterocycles. The Bertz CT molecular complexity index is 496. The molecule has 0 bridgehead atoms. The van der Waals surface area contributed by atoms with Crippen LogP contribution in [0.1, 0.15) is 10.4 Å². The smallest absolute Gasteiger partial charge is 0.193 e. The maximum absolute atomic E-state index is 5.05. The fraction of sp³-hybridized carbons (Fsp3) is 0.357. The second-order valence-corrected chi connectivity index (χ2v) is 5.32. The van der Waals surface area contributed by atoms with Crippen molar-refractivity contribution in [3.8, 4) is 0 Å². The molecule has 0 radical (unpaired) electrons. The Morgan fingerprint density at radius 1 is 1.45 bits per heavy atom. The second-order valence-electron chi connectivity index (χ2n) is 4.28. The summed E-state index contributed by atoms with van der Waals surface area (Å²) in [6.07, 6.45) is 4.47. The lowest BCUT2D eigenvalue weighted by Gasteiger charge is -2.21. The monoisotopic (exact) mass is 405 g/mol. The van der Waals surface area contributed by atoms with Crippen molar-refractivity contribution in [1.29, 1.82) is 0 Å². The van der Waals surface area contributed by atoms with Gasteiger partial charge < -0.3 is 14.6 Å². The van der Waals surface area contributed by atoms with E-state index >= 15 is 0 Å². The summed E-state index contributed by atoms with van der Waals surface area (Å²) in [6.45, 7) is 1.68. The molecule has 20 heavy (non-hydrogen) atoms. The molecule has 2 heterocycles. The van der Waals surface area contributed by atoms with E-state index in [1.807, 2.05) is 6.07 Å². The van der Waals surface area contributed by atoms with Crippen molar-refractivity contribution in [2.45, 2.75) is 13.0 Å². The van der Waals surface area contributed by atoms with Crippen LogP contribution in [-0.2, 0) is 13.0 Å². The minimum Gasteiger partial charge on any atom is -0.472 e. The van der Waals surface area contributed by atoms with Gasteiger partial charge >= 0.3 is 0 Å². The van der Waals surface area contributed by atoms with Gasteiger partial charge in [0, 0.05) is 37.6 Å². The van der Waals surface area contributed by atoms with Gasteiger partial charge in [0.2, 0.25) is 0 Å². The molecule has 0 aliphatic heterocycles. The van der Waals surface area contributed by atoms with Gasteiger partial charge in [0.15, 0.2) is 5.96 Å². The van der Waals surface area contributed by atoms with Gasteiger partial charge in [-0.15, -0.1) is 35.3 Å². The van der Waals surface area contributed by atoms with Gasteiger partial charge in [-0.05, 0) is 23.9 Å². The first-order valence-corrected chi connectivity index (χ1v) is 7.13. The number of rotatable bonds is 5. The minimum atomic E-state index is 0. The van der Waals surface area contributed by atoms with Crippen LogP contribution in [0.4, 0.5) is 0 Å². The molecule has 0 saturated carbocycles. The molecule has 0 saturated heterocycles. The average Bonchev–Trinajstić information content (AvgIpc) is 3.10. The van der Waals surface area contributed by atoms with E-state index in [0.717, 1.165) is 31.0 Å². The highest BCUT2D eigenvalue weighted by Crippen LogP contribution is 2.09. The van der Waals surface area contributed by atoms with Crippen LogP contribution in [-0.4, -0.2) is 31.5 Å². The molecule has 0 aliphatic carbocycles. The summed E-state index contributed by atoms with van der Waals surface area (Å²) in [5.41, 5.74) is 1.12. The van der Waals surface area contributed by atoms with E-state index in [1.54, 1.807) is 30.9 Å². The fourth-order valence-electron chi connectivity index (χ4n) is 1.80. The number of hydrogen-bond donors (Lipinski definition) is 1. The summed E-state index contributed by atoms with van der Waals surface area (Å²) in [5.74, 6) is 0.901. The molecule has 2 aromatic rings. The molecule has 6 heteroatoms. The van der Waals surface area contributed by atoms with E-state index in [-0.39, 0.29) is 24.0 Å². The maximum atomic E-state index is 5.05. The predicted octanol–water partition coefficient (Wildman–Crippen LogP) is 3.21. The summed E-state index contributed by atoms with van der Waals surface area (Å²) >= 11 is 1.80. The quantitative estimate of drug-likeness (QED) is 0.472. The molecule has 0 unspecified atom stereocenters. The lowest BCUT2D eigenvalue weighted by molar-refractivity contribution is 0.486. The predicted molar refractivity (Wildman–Crippen MR) is 95.0 cm³/mol. The molecular weight excluding hydrogens is 385 g/mol.